The highest BCUT2D eigenvalue weighted by molar-refractivity contribution is 5.86. The van der Waals surface area contributed by atoms with E-state index in [4.69, 9.17) is 4.74 Å². The minimum absolute atomic E-state index is 0.106. The molecule has 3 fully saturated rings. The molecule has 5 rings (SSSR count). The molecule has 0 saturated carbocycles. The average molecular weight is 492 g/mol. The topological polar surface area (TPSA) is 88.9 Å². The number of anilines is 1. The zero-order valence-corrected chi connectivity index (χ0v) is 20.1. The molecule has 4 atom stereocenters. The number of nitrogens with zero attached hydrogens (tertiary/aromatic N) is 4. The molecule has 0 unspecified atom stereocenters. The van der Waals surface area contributed by atoms with Gasteiger partial charge in [-0.05, 0) is 43.0 Å². The SMILES string of the molecule is N#C[C@@H]1CCCN1C(=O)[C@H](CN1C[C@@H]2C[C@H]1CN2c1cccc(F)c1)NC(=O)OCc1ccccc1. The molecule has 0 radical (unpaired) electrons. The van der Waals surface area contributed by atoms with Gasteiger partial charge in [-0.1, -0.05) is 36.4 Å². The first kappa shape index (κ1) is 24.1. The molecule has 3 heterocycles. The molecule has 3 aliphatic heterocycles. The molecule has 8 nitrogen and oxygen atoms in total. The van der Waals surface area contributed by atoms with Crippen LogP contribution in [0.5, 0.6) is 0 Å². The van der Waals surface area contributed by atoms with E-state index in [-0.39, 0.29) is 30.4 Å². The number of fused-ring (bicyclic) bond motifs is 2. The Balaban J connectivity index is 1.25. The number of hydrogen-bond donors (Lipinski definition) is 1. The fourth-order valence-electron chi connectivity index (χ4n) is 5.64. The molecule has 0 spiro atoms. The summed E-state index contributed by atoms with van der Waals surface area (Å²) in [7, 11) is 0. The minimum atomic E-state index is -0.816. The first-order valence-electron chi connectivity index (χ1n) is 12.5. The molecule has 0 aliphatic carbocycles. The quantitative estimate of drug-likeness (QED) is 0.641. The molecule has 3 aliphatic rings. The molecule has 1 N–H and O–H groups in total. The van der Waals surface area contributed by atoms with Crippen LogP contribution in [0.4, 0.5) is 14.9 Å². The maximum Gasteiger partial charge on any atom is 0.408 e. The van der Waals surface area contributed by atoms with Crippen LogP contribution in [0.15, 0.2) is 54.6 Å². The van der Waals surface area contributed by atoms with Gasteiger partial charge in [-0.15, -0.1) is 0 Å². The number of nitriles is 1. The lowest BCUT2D eigenvalue weighted by atomic mass is 10.1. The summed E-state index contributed by atoms with van der Waals surface area (Å²) in [5.41, 5.74) is 1.72. The average Bonchev–Trinajstić information content (AvgIpc) is 3.63. The number of benzene rings is 2. The van der Waals surface area contributed by atoms with Crippen LogP contribution in [0, 0.1) is 17.1 Å². The van der Waals surface area contributed by atoms with E-state index in [0.29, 0.717) is 26.1 Å². The smallest absolute Gasteiger partial charge is 0.408 e. The number of hydrogen-bond acceptors (Lipinski definition) is 6. The van der Waals surface area contributed by atoms with E-state index in [1.54, 1.807) is 17.0 Å². The second kappa shape index (κ2) is 10.5. The second-order valence-corrected chi connectivity index (χ2v) is 9.71. The molecular weight excluding hydrogens is 461 g/mol. The van der Waals surface area contributed by atoms with Gasteiger partial charge >= 0.3 is 6.09 Å². The molecule has 2 amide bonds. The summed E-state index contributed by atoms with van der Waals surface area (Å²) < 4.78 is 19.1. The third-order valence-corrected chi connectivity index (χ3v) is 7.40. The number of halogens is 1. The third-order valence-electron chi connectivity index (χ3n) is 7.40. The van der Waals surface area contributed by atoms with Crippen LogP contribution in [0.1, 0.15) is 24.8 Å². The Hall–Kier alpha value is -3.64. The van der Waals surface area contributed by atoms with Crippen molar-refractivity contribution in [1.29, 1.82) is 5.26 Å². The standard InChI is InChI=1S/C27H30FN5O3/c28-20-8-4-9-21(12-20)33-16-23-13-24(33)15-31(23)17-25(26(34)32-11-5-10-22(32)14-29)30-27(35)36-18-19-6-2-1-3-7-19/h1-4,6-9,12,22-25H,5,10-11,13,15-18H2,(H,30,35)/t22-,23-,24-,25-/m0/s1. The molecule has 188 valence electrons. The number of nitrogens with one attached hydrogen (secondary N) is 1. The first-order valence-corrected chi connectivity index (χ1v) is 12.5. The van der Waals surface area contributed by atoms with E-state index in [0.717, 1.165) is 30.6 Å². The molecule has 3 saturated heterocycles. The second-order valence-electron chi connectivity index (χ2n) is 9.71. The first-order chi connectivity index (χ1) is 17.5. The van der Waals surface area contributed by atoms with Gasteiger partial charge in [0, 0.05) is 44.0 Å². The molecule has 2 aromatic rings. The summed E-state index contributed by atoms with van der Waals surface area (Å²) >= 11 is 0. The van der Waals surface area contributed by atoms with Crippen LogP contribution in [-0.4, -0.2) is 72.1 Å². The minimum Gasteiger partial charge on any atom is -0.445 e. The zero-order chi connectivity index (χ0) is 25.1. The number of likely N-dealkylation sites (tertiary alicyclic amines) is 2. The van der Waals surface area contributed by atoms with Crippen LogP contribution in [0.2, 0.25) is 0 Å². The Morgan fingerprint density at radius 2 is 1.97 bits per heavy atom. The van der Waals surface area contributed by atoms with Gasteiger partial charge < -0.3 is 19.9 Å². The van der Waals surface area contributed by atoms with Crippen molar-refractivity contribution in [3.05, 3.63) is 66.0 Å². The summed E-state index contributed by atoms with van der Waals surface area (Å²) in [6, 6.07) is 17.3. The number of amides is 2. The van der Waals surface area contributed by atoms with Gasteiger partial charge in [0.2, 0.25) is 5.91 Å². The zero-order valence-electron chi connectivity index (χ0n) is 20.1. The number of piperazine rings is 1. The van der Waals surface area contributed by atoms with Crippen LogP contribution >= 0.6 is 0 Å². The largest absolute Gasteiger partial charge is 0.445 e. The molecule has 2 aromatic carbocycles. The van der Waals surface area contributed by atoms with Gasteiger partial charge in [-0.3, -0.25) is 9.69 Å². The number of ether oxygens (including phenoxy) is 1. The van der Waals surface area contributed by atoms with Crippen molar-refractivity contribution in [1.82, 2.24) is 15.1 Å². The Kier molecular flexibility index (Phi) is 7.05. The predicted molar refractivity (Wildman–Crippen MR) is 131 cm³/mol. The summed E-state index contributed by atoms with van der Waals surface area (Å²) in [5, 5.41) is 12.3. The van der Waals surface area contributed by atoms with Gasteiger partial charge in [-0.2, -0.15) is 5.26 Å². The molecular formula is C27H30FN5O3. The fourth-order valence-corrected chi connectivity index (χ4v) is 5.64. The summed E-state index contributed by atoms with van der Waals surface area (Å²) in [5.74, 6) is -0.505. The third kappa shape index (κ3) is 5.14. The Morgan fingerprint density at radius 1 is 1.14 bits per heavy atom. The van der Waals surface area contributed by atoms with Gasteiger partial charge in [0.1, 0.15) is 24.5 Å². The van der Waals surface area contributed by atoms with Crippen molar-refractivity contribution in [2.24, 2.45) is 0 Å². The summed E-state index contributed by atoms with van der Waals surface area (Å²) in [6.07, 6.45) is 1.67. The summed E-state index contributed by atoms with van der Waals surface area (Å²) in [6.45, 7) is 2.40. The Labute approximate surface area is 210 Å². The highest BCUT2D eigenvalue weighted by Gasteiger charge is 2.45. The lowest BCUT2D eigenvalue weighted by Gasteiger charge is -2.37. The molecule has 0 aromatic heterocycles. The number of carbonyl (C=O) groups is 2. The Morgan fingerprint density at radius 3 is 2.69 bits per heavy atom. The maximum absolute atomic E-state index is 13.7. The van der Waals surface area contributed by atoms with Gasteiger partial charge in [0.15, 0.2) is 0 Å². The lowest BCUT2D eigenvalue weighted by Crippen LogP contribution is -2.57. The number of carbonyl (C=O) groups excluding carboxylic acids is 2. The maximum atomic E-state index is 13.7. The van der Waals surface area contributed by atoms with Crippen molar-refractivity contribution in [3.8, 4) is 6.07 Å². The number of alkyl carbamates (subject to hydrolysis) is 1. The van der Waals surface area contributed by atoms with E-state index in [1.807, 2.05) is 36.4 Å². The molecule has 36 heavy (non-hydrogen) atoms. The monoisotopic (exact) mass is 491 g/mol. The normalized spacial score (nSPS) is 23.9. The van der Waals surface area contributed by atoms with Crippen LogP contribution < -0.4 is 10.2 Å². The molecule has 2 bridgehead atoms. The van der Waals surface area contributed by atoms with E-state index < -0.39 is 18.2 Å². The van der Waals surface area contributed by atoms with Crippen molar-refractivity contribution in [2.75, 3.05) is 31.1 Å². The van der Waals surface area contributed by atoms with Crippen molar-refractivity contribution in [3.63, 3.8) is 0 Å². The number of rotatable bonds is 7. The summed E-state index contributed by atoms with van der Waals surface area (Å²) in [4.78, 5) is 32.2. The van der Waals surface area contributed by atoms with E-state index in [9.17, 15) is 19.2 Å². The van der Waals surface area contributed by atoms with E-state index >= 15 is 0 Å². The highest BCUT2D eigenvalue weighted by atomic mass is 19.1. The van der Waals surface area contributed by atoms with Gasteiger partial charge in [-0.25, -0.2) is 9.18 Å². The fraction of sp³-hybridized carbons (Fsp3) is 0.444. The van der Waals surface area contributed by atoms with E-state index in [1.165, 1.54) is 6.07 Å². The highest BCUT2D eigenvalue weighted by Crippen LogP contribution is 2.35. The Bertz CT molecular complexity index is 1140. The van der Waals surface area contributed by atoms with Crippen molar-refractivity contribution < 1.29 is 18.7 Å². The predicted octanol–water partition coefficient (Wildman–Crippen LogP) is 2.90. The van der Waals surface area contributed by atoms with Crippen LogP contribution in [-0.2, 0) is 16.1 Å². The molecule has 9 heteroatoms. The van der Waals surface area contributed by atoms with Gasteiger partial charge in [0.05, 0.1) is 6.07 Å². The lowest BCUT2D eigenvalue weighted by molar-refractivity contribution is -0.133. The van der Waals surface area contributed by atoms with Crippen LogP contribution in [0.3, 0.4) is 0 Å². The van der Waals surface area contributed by atoms with Crippen LogP contribution in [0.25, 0.3) is 0 Å². The van der Waals surface area contributed by atoms with Gasteiger partial charge in [0.25, 0.3) is 0 Å². The van der Waals surface area contributed by atoms with Crippen molar-refractivity contribution in [2.45, 2.75) is 50.0 Å². The van der Waals surface area contributed by atoms with E-state index in [2.05, 4.69) is 21.2 Å². The van der Waals surface area contributed by atoms with Crippen molar-refractivity contribution >= 4 is 17.7 Å².